The van der Waals surface area contributed by atoms with E-state index in [0.717, 1.165) is 64.2 Å². The van der Waals surface area contributed by atoms with Gasteiger partial charge in [-0.25, -0.2) is 0 Å². The third kappa shape index (κ3) is 56.7. The zero-order chi connectivity index (χ0) is 50.0. The molecule has 0 saturated carbocycles. The highest BCUT2D eigenvalue weighted by atomic mass is 16.6. The van der Waals surface area contributed by atoms with Crippen molar-refractivity contribution >= 4 is 17.9 Å². The number of hydrogen-bond donors (Lipinski definition) is 0. The maximum absolute atomic E-state index is 12.9. The van der Waals surface area contributed by atoms with Crippen molar-refractivity contribution in [2.45, 2.75) is 348 Å². The molecule has 0 fully saturated rings. The molecule has 0 aliphatic heterocycles. The molecule has 0 N–H and O–H groups in total. The molecule has 0 aromatic carbocycles. The van der Waals surface area contributed by atoms with E-state index < -0.39 is 6.10 Å². The lowest BCUT2D eigenvalue weighted by Crippen LogP contribution is -2.30. The number of esters is 3. The SMILES string of the molecule is CCCCCCCC/C=C\CCCCCCCCCCCC(=O)O[C@H](COC(=O)CCCCCCC/C=C\CCCCCCCC)COC(=O)CCCCCCCCCCCCCCCCCCC. The third-order valence-electron chi connectivity index (χ3n) is 13.9. The summed E-state index contributed by atoms with van der Waals surface area (Å²) in [6.07, 6.45) is 68.8. The van der Waals surface area contributed by atoms with Crippen LogP contribution >= 0.6 is 0 Å². The summed E-state index contributed by atoms with van der Waals surface area (Å²) in [5, 5.41) is 0. The average Bonchev–Trinajstić information content (AvgIpc) is 3.35. The van der Waals surface area contributed by atoms with E-state index >= 15 is 0 Å². The molecule has 0 aromatic heterocycles. The minimum Gasteiger partial charge on any atom is -0.462 e. The van der Waals surface area contributed by atoms with Crippen molar-refractivity contribution in [3.05, 3.63) is 24.3 Å². The summed E-state index contributed by atoms with van der Waals surface area (Å²) in [7, 11) is 0. The van der Waals surface area contributed by atoms with E-state index in [1.807, 2.05) is 0 Å². The molecule has 0 radical (unpaired) electrons. The first-order chi connectivity index (χ1) is 34.0. The van der Waals surface area contributed by atoms with Crippen molar-refractivity contribution in [2.24, 2.45) is 0 Å². The molecule has 0 aliphatic rings. The van der Waals surface area contributed by atoms with Crippen molar-refractivity contribution in [1.82, 2.24) is 0 Å². The highest BCUT2D eigenvalue weighted by molar-refractivity contribution is 5.71. The quantitative estimate of drug-likeness (QED) is 0.0261. The molecule has 0 saturated heterocycles. The second-order valence-electron chi connectivity index (χ2n) is 21.0. The number of unbranched alkanes of at least 4 members (excludes halogenated alkanes) is 42. The molecular weight excluding hydrogens is 853 g/mol. The molecule has 0 heterocycles. The minimum absolute atomic E-state index is 0.0697. The summed E-state index contributed by atoms with van der Waals surface area (Å²) >= 11 is 0. The van der Waals surface area contributed by atoms with Crippen LogP contribution in [0, 0.1) is 0 Å². The lowest BCUT2D eigenvalue weighted by Gasteiger charge is -2.18. The highest BCUT2D eigenvalue weighted by Crippen LogP contribution is 2.17. The van der Waals surface area contributed by atoms with Crippen LogP contribution in [0.5, 0.6) is 0 Å². The smallest absolute Gasteiger partial charge is 0.306 e. The van der Waals surface area contributed by atoms with E-state index in [4.69, 9.17) is 14.2 Å². The predicted molar refractivity (Wildman–Crippen MR) is 298 cm³/mol. The van der Waals surface area contributed by atoms with E-state index in [9.17, 15) is 14.4 Å². The maximum Gasteiger partial charge on any atom is 0.306 e. The van der Waals surface area contributed by atoms with E-state index in [2.05, 4.69) is 45.1 Å². The van der Waals surface area contributed by atoms with E-state index in [0.29, 0.717) is 19.3 Å². The fraction of sp³-hybridized carbons (Fsp3) is 0.889. The Balaban J connectivity index is 4.33. The Kier molecular flexibility index (Phi) is 56.7. The summed E-state index contributed by atoms with van der Waals surface area (Å²) in [5.41, 5.74) is 0. The molecule has 0 spiro atoms. The number of allylic oxidation sites excluding steroid dienone is 4. The first-order valence-electron chi connectivity index (χ1n) is 30.8. The summed E-state index contributed by atoms with van der Waals surface area (Å²) in [6.45, 7) is 6.68. The Bertz CT molecular complexity index is 1110. The lowest BCUT2D eigenvalue weighted by atomic mass is 10.0. The van der Waals surface area contributed by atoms with Crippen LogP contribution in [0.2, 0.25) is 0 Å². The first kappa shape index (κ1) is 66.9. The normalized spacial score (nSPS) is 12.1. The minimum atomic E-state index is -0.772. The van der Waals surface area contributed by atoms with Crippen LogP contribution in [-0.4, -0.2) is 37.2 Å². The van der Waals surface area contributed by atoms with Gasteiger partial charge in [0.15, 0.2) is 6.10 Å². The van der Waals surface area contributed by atoms with Crippen LogP contribution in [0.15, 0.2) is 24.3 Å². The molecular formula is C63H118O6. The molecule has 0 rings (SSSR count). The molecule has 406 valence electrons. The maximum atomic E-state index is 12.9. The Morgan fingerprint density at radius 3 is 0.725 bits per heavy atom. The Labute approximate surface area is 430 Å². The standard InChI is InChI=1S/C63H118O6/c1-4-7-10-13-16-19-22-25-28-30-31-33-36-39-42-45-48-51-54-57-63(66)69-60(58-67-61(64)55-52-49-46-43-40-37-34-27-24-21-18-15-12-9-6-3)59-68-62(65)56-53-50-47-44-41-38-35-32-29-26-23-20-17-14-11-8-5-2/h25,27-28,34,60H,4-24,26,29-33,35-59H2,1-3H3/b28-25-,34-27-/t60-/m1/s1. The zero-order valence-electron chi connectivity index (χ0n) is 46.6. The van der Waals surface area contributed by atoms with Crippen molar-refractivity contribution in [1.29, 1.82) is 0 Å². The van der Waals surface area contributed by atoms with Crippen LogP contribution in [0.1, 0.15) is 342 Å². The molecule has 0 aliphatic carbocycles. The summed E-state index contributed by atoms with van der Waals surface area (Å²) in [4.78, 5) is 38.2. The molecule has 1 atom stereocenters. The highest BCUT2D eigenvalue weighted by Gasteiger charge is 2.19. The van der Waals surface area contributed by atoms with E-state index in [1.165, 1.54) is 238 Å². The molecule has 6 heteroatoms. The van der Waals surface area contributed by atoms with Crippen LogP contribution < -0.4 is 0 Å². The van der Waals surface area contributed by atoms with Gasteiger partial charge < -0.3 is 14.2 Å². The van der Waals surface area contributed by atoms with Gasteiger partial charge >= 0.3 is 17.9 Å². The monoisotopic (exact) mass is 971 g/mol. The van der Waals surface area contributed by atoms with Crippen LogP contribution in [-0.2, 0) is 28.6 Å². The van der Waals surface area contributed by atoms with Gasteiger partial charge in [-0.3, -0.25) is 14.4 Å². The molecule has 0 aromatic rings. The second-order valence-corrected chi connectivity index (χ2v) is 21.0. The van der Waals surface area contributed by atoms with Gasteiger partial charge in [0.25, 0.3) is 0 Å². The topological polar surface area (TPSA) is 78.9 Å². The predicted octanol–water partition coefficient (Wildman–Crippen LogP) is 20.7. The second kappa shape index (κ2) is 58.5. The molecule has 6 nitrogen and oxygen atoms in total. The fourth-order valence-electron chi connectivity index (χ4n) is 9.26. The van der Waals surface area contributed by atoms with E-state index in [-0.39, 0.29) is 31.1 Å². The Morgan fingerprint density at radius 2 is 0.478 bits per heavy atom. The van der Waals surface area contributed by atoms with Crippen LogP contribution in [0.25, 0.3) is 0 Å². The summed E-state index contributed by atoms with van der Waals surface area (Å²) in [6, 6.07) is 0. The first-order valence-corrected chi connectivity index (χ1v) is 30.8. The third-order valence-corrected chi connectivity index (χ3v) is 13.9. The lowest BCUT2D eigenvalue weighted by molar-refractivity contribution is -0.167. The van der Waals surface area contributed by atoms with Gasteiger partial charge in [-0.05, 0) is 70.6 Å². The van der Waals surface area contributed by atoms with Gasteiger partial charge in [-0.2, -0.15) is 0 Å². The number of carbonyl (C=O) groups is 3. The fourth-order valence-corrected chi connectivity index (χ4v) is 9.26. The Morgan fingerprint density at radius 1 is 0.275 bits per heavy atom. The average molecular weight is 972 g/mol. The van der Waals surface area contributed by atoms with Crippen molar-refractivity contribution in [2.75, 3.05) is 13.2 Å². The van der Waals surface area contributed by atoms with Crippen LogP contribution in [0.4, 0.5) is 0 Å². The zero-order valence-corrected chi connectivity index (χ0v) is 46.6. The van der Waals surface area contributed by atoms with Gasteiger partial charge in [0.05, 0.1) is 0 Å². The number of hydrogen-bond acceptors (Lipinski definition) is 6. The van der Waals surface area contributed by atoms with Crippen molar-refractivity contribution < 1.29 is 28.6 Å². The number of carbonyl (C=O) groups excluding carboxylic acids is 3. The molecule has 0 amide bonds. The summed E-state index contributed by atoms with van der Waals surface area (Å²) < 4.78 is 16.9. The Hall–Kier alpha value is -2.11. The molecule has 69 heavy (non-hydrogen) atoms. The van der Waals surface area contributed by atoms with Gasteiger partial charge in [0.2, 0.25) is 0 Å². The van der Waals surface area contributed by atoms with Gasteiger partial charge in [0.1, 0.15) is 13.2 Å². The van der Waals surface area contributed by atoms with Gasteiger partial charge in [0, 0.05) is 19.3 Å². The van der Waals surface area contributed by atoms with E-state index in [1.54, 1.807) is 0 Å². The van der Waals surface area contributed by atoms with Crippen molar-refractivity contribution in [3.8, 4) is 0 Å². The van der Waals surface area contributed by atoms with Gasteiger partial charge in [-0.1, -0.05) is 276 Å². The summed E-state index contributed by atoms with van der Waals surface area (Å²) in [5.74, 6) is -0.857. The number of ether oxygens (including phenoxy) is 3. The largest absolute Gasteiger partial charge is 0.462 e. The van der Waals surface area contributed by atoms with Crippen molar-refractivity contribution in [3.63, 3.8) is 0 Å². The number of rotatable bonds is 57. The molecule has 0 bridgehead atoms. The van der Waals surface area contributed by atoms with Crippen LogP contribution in [0.3, 0.4) is 0 Å². The molecule has 0 unspecified atom stereocenters. The van der Waals surface area contributed by atoms with Gasteiger partial charge in [-0.15, -0.1) is 0 Å².